The number of thiophene rings is 1. The van der Waals surface area contributed by atoms with Gasteiger partial charge in [0.05, 0.1) is 5.92 Å². The van der Waals surface area contributed by atoms with Crippen LogP contribution < -0.4 is 0 Å². The SMILES string of the molecule is O=C(C1CCCN(Cc2cccc(-c3ccsc3)c2)C1)N1CCC(Cc2ccccc2)CC1. The molecule has 0 saturated carbocycles. The van der Waals surface area contributed by atoms with E-state index in [9.17, 15) is 4.79 Å². The fourth-order valence-electron chi connectivity index (χ4n) is 5.50. The van der Waals surface area contributed by atoms with Gasteiger partial charge in [0.15, 0.2) is 0 Å². The van der Waals surface area contributed by atoms with Crippen LogP contribution in [-0.4, -0.2) is 41.9 Å². The summed E-state index contributed by atoms with van der Waals surface area (Å²) < 4.78 is 0. The quantitative estimate of drug-likeness (QED) is 0.445. The van der Waals surface area contributed by atoms with Crippen molar-refractivity contribution in [2.45, 2.75) is 38.6 Å². The number of hydrogen-bond acceptors (Lipinski definition) is 3. The highest BCUT2D eigenvalue weighted by Gasteiger charge is 2.31. The van der Waals surface area contributed by atoms with E-state index >= 15 is 0 Å². The molecule has 33 heavy (non-hydrogen) atoms. The number of piperidine rings is 2. The van der Waals surface area contributed by atoms with Gasteiger partial charge in [-0.15, -0.1) is 0 Å². The zero-order valence-corrected chi connectivity index (χ0v) is 20.2. The van der Waals surface area contributed by atoms with Crippen molar-refractivity contribution in [3.8, 4) is 11.1 Å². The summed E-state index contributed by atoms with van der Waals surface area (Å²) in [6, 6.07) is 21.9. The van der Waals surface area contributed by atoms with Crippen molar-refractivity contribution < 1.29 is 4.79 Å². The monoisotopic (exact) mass is 458 g/mol. The van der Waals surface area contributed by atoms with Gasteiger partial charge in [0.1, 0.15) is 0 Å². The van der Waals surface area contributed by atoms with Crippen LogP contribution in [0, 0.1) is 11.8 Å². The predicted octanol–water partition coefficient (Wildman–Crippen LogP) is 6.11. The number of rotatable bonds is 6. The van der Waals surface area contributed by atoms with Gasteiger partial charge >= 0.3 is 0 Å². The summed E-state index contributed by atoms with van der Waals surface area (Å²) in [4.78, 5) is 18.0. The Morgan fingerprint density at radius 1 is 0.879 bits per heavy atom. The van der Waals surface area contributed by atoms with E-state index in [4.69, 9.17) is 0 Å². The highest BCUT2D eigenvalue weighted by Crippen LogP contribution is 2.27. The molecule has 1 unspecified atom stereocenters. The van der Waals surface area contributed by atoms with Crippen LogP contribution in [0.4, 0.5) is 0 Å². The second kappa shape index (κ2) is 10.7. The van der Waals surface area contributed by atoms with Crippen LogP contribution in [0.2, 0.25) is 0 Å². The van der Waals surface area contributed by atoms with Crippen LogP contribution in [0.25, 0.3) is 11.1 Å². The summed E-state index contributed by atoms with van der Waals surface area (Å²) in [6.45, 7) is 4.77. The summed E-state index contributed by atoms with van der Waals surface area (Å²) in [5.74, 6) is 1.25. The average Bonchev–Trinajstić information content (AvgIpc) is 3.40. The normalized spacial score (nSPS) is 20.1. The lowest BCUT2D eigenvalue weighted by Gasteiger charge is -2.38. The van der Waals surface area contributed by atoms with Crippen molar-refractivity contribution in [2.75, 3.05) is 26.2 Å². The molecule has 4 heteroatoms. The van der Waals surface area contributed by atoms with Crippen molar-refractivity contribution in [3.63, 3.8) is 0 Å². The minimum Gasteiger partial charge on any atom is -0.342 e. The third-order valence-electron chi connectivity index (χ3n) is 7.34. The van der Waals surface area contributed by atoms with Crippen molar-refractivity contribution >= 4 is 17.2 Å². The maximum atomic E-state index is 13.3. The van der Waals surface area contributed by atoms with Crippen LogP contribution in [0.15, 0.2) is 71.4 Å². The Hall–Kier alpha value is -2.43. The van der Waals surface area contributed by atoms with E-state index in [-0.39, 0.29) is 5.92 Å². The molecule has 1 amide bonds. The molecule has 2 aliphatic heterocycles. The Balaban J connectivity index is 1.13. The molecule has 0 spiro atoms. The third kappa shape index (κ3) is 5.74. The average molecular weight is 459 g/mol. The van der Waals surface area contributed by atoms with Crippen molar-refractivity contribution in [2.24, 2.45) is 11.8 Å². The Labute approximate surface area is 202 Å². The van der Waals surface area contributed by atoms with Gasteiger partial charge in [-0.25, -0.2) is 0 Å². The van der Waals surface area contributed by atoms with Crippen LogP contribution in [0.3, 0.4) is 0 Å². The summed E-state index contributed by atoms with van der Waals surface area (Å²) in [6.07, 6.45) is 5.56. The molecule has 1 atom stereocenters. The van der Waals surface area contributed by atoms with E-state index in [1.807, 2.05) is 0 Å². The van der Waals surface area contributed by atoms with Gasteiger partial charge < -0.3 is 4.90 Å². The lowest BCUT2D eigenvalue weighted by atomic mass is 9.89. The smallest absolute Gasteiger partial charge is 0.226 e. The van der Waals surface area contributed by atoms with E-state index in [0.29, 0.717) is 11.8 Å². The zero-order valence-electron chi connectivity index (χ0n) is 19.4. The highest BCUT2D eigenvalue weighted by atomic mass is 32.1. The molecule has 0 N–H and O–H groups in total. The van der Waals surface area contributed by atoms with Gasteiger partial charge in [0.25, 0.3) is 0 Å². The Morgan fingerprint density at radius 2 is 1.70 bits per heavy atom. The van der Waals surface area contributed by atoms with Crippen molar-refractivity contribution in [1.82, 2.24) is 9.80 Å². The Morgan fingerprint density at radius 3 is 2.48 bits per heavy atom. The number of amides is 1. The number of likely N-dealkylation sites (tertiary alicyclic amines) is 2. The molecule has 5 rings (SSSR count). The molecule has 3 nitrogen and oxygen atoms in total. The Bertz CT molecular complexity index is 1020. The molecular weight excluding hydrogens is 424 g/mol. The second-order valence-electron chi connectivity index (χ2n) is 9.75. The summed E-state index contributed by atoms with van der Waals surface area (Å²) in [7, 11) is 0. The summed E-state index contributed by atoms with van der Waals surface area (Å²) in [5, 5.41) is 4.34. The molecule has 2 fully saturated rings. The first-order valence-corrected chi connectivity index (χ1v) is 13.4. The highest BCUT2D eigenvalue weighted by molar-refractivity contribution is 7.08. The molecule has 2 saturated heterocycles. The molecule has 2 aromatic carbocycles. The van der Waals surface area contributed by atoms with Crippen molar-refractivity contribution in [1.29, 1.82) is 0 Å². The van der Waals surface area contributed by atoms with Crippen LogP contribution in [0.5, 0.6) is 0 Å². The lowest BCUT2D eigenvalue weighted by Crippen LogP contribution is -2.47. The van der Waals surface area contributed by atoms with Gasteiger partial charge in [-0.1, -0.05) is 48.5 Å². The number of carbonyl (C=O) groups is 1. The van der Waals surface area contributed by atoms with Crippen LogP contribution >= 0.6 is 11.3 Å². The molecule has 1 aromatic heterocycles. The number of hydrogen-bond donors (Lipinski definition) is 0. The number of benzene rings is 2. The zero-order chi connectivity index (χ0) is 22.5. The first-order valence-electron chi connectivity index (χ1n) is 12.4. The fourth-order valence-corrected chi connectivity index (χ4v) is 6.16. The largest absolute Gasteiger partial charge is 0.342 e. The molecule has 0 aliphatic carbocycles. The van der Waals surface area contributed by atoms with E-state index in [2.05, 4.69) is 81.2 Å². The number of carbonyl (C=O) groups excluding carboxylic acids is 1. The maximum absolute atomic E-state index is 13.3. The first kappa shape index (κ1) is 22.4. The number of nitrogens with zero attached hydrogens (tertiary/aromatic N) is 2. The van der Waals surface area contributed by atoms with Gasteiger partial charge in [-0.3, -0.25) is 9.69 Å². The maximum Gasteiger partial charge on any atom is 0.226 e. The second-order valence-corrected chi connectivity index (χ2v) is 10.5. The molecule has 2 aliphatic rings. The molecule has 0 bridgehead atoms. The van der Waals surface area contributed by atoms with Gasteiger partial charge in [0.2, 0.25) is 5.91 Å². The van der Waals surface area contributed by atoms with Gasteiger partial charge in [-0.05, 0) is 89.7 Å². The fraction of sp³-hybridized carbons (Fsp3) is 0.414. The molecule has 172 valence electrons. The standard InChI is InChI=1S/C29H34N2OS/c32-29(31-15-11-24(12-16-31)18-23-6-2-1-3-7-23)27-10-5-14-30(21-27)20-25-8-4-9-26(19-25)28-13-17-33-22-28/h1-4,6-9,13,17,19,22,24,27H,5,10-12,14-16,18,20-21H2. The van der Waals surface area contributed by atoms with E-state index < -0.39 is 0 Å². The lowest BCUT2D eigenvalue weighted by molar-refractivity contribution is -0.138. The van der Waals surface area contributed by atoms with Crippen LogP contribution in [-0.2, 0) is 17.8 Å². The third-order valence-corrected chi connectivity index (χ3v) is 8.02. The predicted molar refractivity (Wildman–Crippen MR) is 137 cm³/mol. The van der Waals surface area contributed by atoms with Gasteiger partial charge in [-0.2, -0.15) is 11.3 Å². The van der Waals surface area contributed by atoms with Crippen molar-refractivity contribution in [3.05, 3.63) is 82.6 Å². The van der Waals surface area contributed by atoms with E-state index in [1.54, 1.807) is 11.3 Å². The molecule has 3 aromatic rings. The molecule has 3 heterocycles. The van der Waals surface area contributed by atoms with Gasteiger partial charge in [0, 0.05) is 26.2 Å². The topological polar surface area (TPSA) is 23.6 Å². The van der Waals surface area contributed by atoms with Crippen LogP contribution in [0.1, 0.15) is 36.8 Å². The van der Waals surface area contributed by atoms with E-state index in [1.165, 1.54) is 22.3 Å². The molecule has 0 radical (unpaired) electrons. The minimum atomic E-state index is 0.157. The molecular formula is C29H34N2OS. The summed E-state index contributed by atoms with van der Waals surface area (Å²) >= 11 is 1.74. The first-order chi connectivity index (χ1) is 16.2. The summed E-state index contributed by atoms with van der Waals surface area (Å²) in [5.41, 5.74) is 5.35. The Kier molecular flexibility index (Phi) is 7.23. The minimum absolute atomic E-state index is 0.157. The van der Waals surface area contributed by atoms with E-state index in [0.717, 1.165) is 64.8 Å².